The third-order valence-corrected chi connectivity index (χ3v) is 5.04. The van der Waals surface area contributed by atoms with Gasteiger partial charge >= 0.3 is 12.1 Å². The second-order valence-corrected chi connectivity index (χ2v) is 9.39. The second kappa shape index (κ2) is 13.2. The summed E-state index contributed by atoms with van der Waals surface area (Å²) in [6.07, 6.45) is -5.95. The van der Waals surface area contributed by atoms with Crippen LogP contribution in [0.4, 0.5) is 17.6 Å². The van der Waals surface area contributed by atoms with Gasteiger partial charge < -0.3 is 16.4 Å². The largest absolute Gasteiger partial charge is 0.471 e. The van der Waals surface area contributed by atoms with E-state index in [-0.39, 0.29) is 6.42 Å². The zero-order valence-corrected chi connectivity index (χ0v) is 21.0. The van der Waals surface area contributed by atoms with Crippen molar-refractivity contribution >= 4 is 41.1 Å². The SMILES string of the molecule is CC(C)(C)[C@H](NC(=O)C(F)(F)F)C(=O)N[C@@H](Cc1ccccc1)C(=O)NN(CCC(N)=O)C(=O)C(F)Cl. The first kappa shape index (κ1) is 31.6. The number of hydrogen-bond donors (Lipinski definition) is 4. The number of benzene rings is 1. The second-order valence-electron chi connectivity index (χ2n) is 9.00. The summed E-state index contributed by atoms with van der Waals surface area (Å²) in [5.74, 6) is -6.87. The van der Waals surface area contributed by atoms with Crippen LogP contribution < -0.4 is 21.8 Å². The van der Waals surface area contributed by atoms with Crippen LogP contribution >= 0.6 is 11.6 Å². The standard InChI is InChI=1S/C22H28ClF4N5O5/c1-21(2,3)15(30-20(37)22(25,26)27)18(35)29-13(11-12-7-5-4-6-8-12)17(34)31-32(10-9-14(28)33)19(36)16(23)24/h4-8,13,15-16H,9-11H2,1-3H3,(H2,28,33)(H,29,35)(H,30,37)(H,31,34)/t13-,15+,16?/m0/s1. The molecule has 1 aromatic carbocycles. The minimum absolute atomic E-state index is 0.208. The Labute approximate surface area is 215 Å². The molecule has 0 fully saturated rings. The van der Waals surface area contributed by atoms with E-state index in [1.807, 2.05) is 0 Å². The fraction of sp³-hybridized carbons (Fsp3) is 0.500. The topological polar surface area (TPSA) is 151 Å². The van der Waals surface area contributed by atoms with Crippen LogP contribution in [0.3, 0.4) is 0 Å². The summed E-state index contributed by atoms with van der Waals surface area (Å²) < 4.78 is 51.9. The van der Waals surface area contributed by atoms with Gasteiger partial charge in [0.05, 0.1) is 6.54 Å². The van der Waals surface area contributed by atoms with Crippen molar-refractivity contribution in [2.45, 2.75) is 57.5 Å². The molecule has 3 atom stereocenters. The fourth-order valence-corrected chi connectivity index (χ4v) is 3.09. The van der Waals surface area contributed by atoms with Crippen molar-refractivity contribution in [3.8, 4) is 0 Å². The Bertz CT molecular complexity index is 986. The van der Waals surface area contributed by atoms with E-state index < -0.39 is 71.8 Å². The van der Waals surface area contributed by atoms with Gasteiger partial charge in [-0.1, -0.05) is 62.7 Å². The third kappa shape index (κ3) is 10.6. The van der Waals surface area contributed by atoms with Crippen molar-refractivity contribution in [1.29, 1.82) is 0 Å². The molecule has 15 heteroatoms. The fourth-order valence-electron chi connectivity index (χ4n) is 2.97. The Morgan fingerprint density at radius 1 is 1.00 bits per heavy atom. The Hall–Kier alpha value is -3.42. The molecule has 0 radical (unpaired) electrons. The van der Waals surface area contributed by atoms with Crippen LogP contribution in [-0.4, -0.2) is 65.0 Å². The third-order valence-electron chi connectivity index (χ3n) is 4.86. The van der Waals surface area contributed by atoms with Gasteiger partial charge in [0.1, 0.15) is 12.1 Å². The molecule has 0 saturated carbocycles. The molecule has 1 aromatic rings. The first-order valence-corrected chi connectivity index (χ1v) is 11.3. The van der Waals surface area contributed by atoms with Gasteiger partial charge in [0.2, 0.25) is 11.8 Å². The number of carbonyl (C=O) groups is 5. The molecule has 5 N–H and O–H groups in total. The van der Waals surface area contributed by atoms with E-state index in [4.69, 9.17) is 17.3 Å². The molecular weight excluding hydrogens is 526 g/mol. The average Bonchev–Trinajstić information content (AvgIpc) is 2.77. The maximum Gasteiger partial charge on any atom is 0.471 e. The number of nitrogens with two attached hydrogens (primary N) is 1. The van der Waals surface area contributed by atoms with Crippen LogP contribution in [-0.2, 0) is 30.4 Å². The molecule has 0 bridgehead atoms. The van der Waals surface area contributed by atoms with Gasteiger partial charge in [-0.15, -0.1) is 0 Å². The molecule has 5 amide bonds. The number of nitrogens with one attached hydrogen (secondary N) is 3. The van der Waals surface area contributed by atoms with Crippen molar-refractivity contribution in [2.24, 2.45) is 11.1 Å². The van der Waals surface area contributed by atoms with Crippen LogP contribution in [0.25, 0.3) is 0 Å². The van der Waals surface area contributed by atoms with E-state index in [9.17, 15) is 41.5 Å². The van der Waals surface area contributed by atoms with Crippen LogP contribution in [0.1, 0.15) is 32.8 Å². The molecule has 0 aromatic heterocycles. The van der Waals surface area contributed by atoms with Crippen LogP contribution in [0, 0.1) is 5.41 Å². The molecule has 37 heavy (non-hydrogen) atoms. The predicted molar refractivity (Wildman–Crippen MR) is 124 cm³/mol. The molecule has 206 valence electrons. The molecule has 0 saturated heterocycles. The van der Waals surface area contributed by atoms with Gasteiger partial charge in [-0.3, -0.25) is 29.4 Å². The van der Waals surface area contributed by atoms with Crippen molar-refractivity contribution in [3.05, 3.63) is 35.9 Å². The highest BCUT2D eigenvalue weighted by atomic mass is 35.5. The summed E-state index contributed by atoms with van der Waals surface area (Å²) in [6, 6.07) is 4.86. The van der Waals surface area contributed by atoms with E-state index >= 15 is 0 Å². The lowest BCUT2D eigenvalue weighted by Gasteiger charge is -2.32. The maximum atomic E-state index is 13.4. The molecule has 0 aliphatic carbocycles. The molecule has 10 nitrogen and oxygen atoms in total. The van der Waals surface area contributed by atoms with Crippen molar-refractivity contribution in [2.75, 3.05) is 6.54 Å². The smallest absolute Gasteiger partial charge is 0.370 e. The monoisotopic (exact) mass is 553 g/mol. The lowest BCUT2D eigenvalue weighted by atomic mass is 9.85. The van der Waals surface area contributed by atoms with Crippen LogP contribution in [0.15, 0.2) is 30.3 Å². The predicted octanol–water partition coefficient (Wildman–Crippen LogP) is 1.08. The number of nitrogens with zero attached hydrogens (tertiary/aromatic N) is 1. The Morgan fingerprint density at radius 3 is 2.03 bits per heavy atom. The molecule has 0 spiro atoms. The Kier molecular flexibility index (Phi) is 11.3. The zero-order valence-electron chi connectivity index (χ0n) is 20.2. The number of halogens is 5. The van der Waals surface area contributed by atoms with Crippen LogP contribution in [0.2, 0.25) is 0 Å². The number of hydrogen-bond acceptors (Lipinski definition) is 5. The Balaban J connectivity index is 3.26. The minimum Gasteiger partial charge on any atom is -0.370 e. The number of primary amides is 1. The van der Waals surface area contributed by atoms with E-state index in [0.29, 0.717) is 10.6 Å². The highest BCUT2D eigenvalue weighted by Crippen LogP contribution is 2.22. The van der Waals surface area contributed by atoms with Crippen molar-refractivity contribution in [3.63, 3.8) is 0 Å². The van der Waals surface area contributed by atoms with E-state index in [1.54, 1.807) is 35.6 Å². The average molecular weight is 554 g/mol. The van der Waals surface area contributed by atoms with Crippen LogP contribution in [0.5, 0.6) is 0 Å². The molecule has 1 unspecified atom stereocenters. The van der Waals surface area contributed by atoms with Gasteiger partial charge in [-0.2, -0.15) is 13.2 Å². The van der Waals surface area contributed by atoms with Gasteiger partial charge in [0.25, 0.3) is 17.4 Å². The van der Waals surface area contributed by atoms with Crippen molar-refractivity contribution < 1.29 is 41.5 Å². The highest BCUT2D eigenvalue weighted by Gasteiger charge is 2.44. The number of alkyl halides is 5. The lowest BCUT2D eigenvalue weighted by molar-refractivity contribution is -0.175. The summed E-state index contributed by atoms with van der Waals surface area (Å²) >= 11 is 5.17. The summed E-state index contributed by atoms with van der Waals surface area (Å²) in [5.41, 5.74) is 3.78. The van der Waals surface area contributed by atoms with E-state index in [0.717, 1.165) is 0 Å². The summed E-state index contributed by atoms with van der Waals surface area (Å²) in [6.45, 7) is 3.64. The van der Waals surface area contributed by atoms with E-state index in [2.05, 4.69) is 10.7 Å². The number of carbonyl (C=O) groups excluding carboxylic acids is 5. The number of hydrazine groups is 1. The van der Waals surface area contributed by atoms with Gasteiger partial charge in [-0.05, 0) is 11.0 Å². The number of amides is 5. The lowest BCUT2D eigenvalue weighted by Crippen LogP contribution is -2.61. The summed E-state index contributed by atoms with van der Waals surface area (Å²) in [4.78, 5) is 60.7. The molecule has 0 heterocycles. The molecule has 0 aliphatic heterocycles. The van der Waals surface area contributed by atoms with Gasteiger partial charge in [-0.25, -0.2) is 9.40 Å². The normalized spacial score (nSPS) is 14.1. The van der Waals surface area contributed by atoms with Crippen molar-refractivity contribution in [1.82, 2.24) is 21.1 Å². The highest BCUT2D eigenvalue weighted by molar-refractivity contribution is 6.29. The number of rotatable bonds is 10. The molecule has 1 rings (SSSR count). The van der Waals surface area contributed by atoms with Gasteiger partial charge in [0, 0.05) is 12.8 Å². The maximum absolute atomic E-state index is 13.4. The minimum atomic E-state index is -5.27. The zero-order chi connectivity index (χ0) is 28.6. The van der Waals surface area contributed by atoms with Gasteiger partial charge in [0.15, 0.2) is 0 Å². The quantitative estimate of drug-likeness (QED) is 0.194. The Morgan fingerprint density at radius 2 is 1.57 bits per heavy atom. The first-order chi connectivity index (χ1) is 16.9. The summed E-state index contributed by atoms with van der Waals surface area (Å²) in [7, 11) is 0. The first-order valence-electron chi connectivity index (χ1n) is 10.8. The molecule has 0 aliphatic rings. The summed E-state index contributed by atoms with van der Waals surface area (Å²) in [5, 5.41) is 4.30. The molecular formula is C22H28ClF4N5O5. The van der Waals surface area contributed by atoms with E-state index in [1.165, 1.54) is 20.8 Å².